The Morgan fingerprint density at radius 1 is 1.54 bits per heavy atom. The van der Waals surface area contributed by atoms with Crippen molar-refractivity contribution in [2.24, 2.45) is 5.73 Å². The van der Waals surface area contributed by atoms with Crippen LogP contribution in [0.15, 0.2) is 18.2 Å². The van der Waals surface area contributed by atoms with Gasteiger partial charge in [0.1, 0.15) is 6.10 Å². The van der Waals surface area contributed by atoms with Crippen LogP contribution < -0.4 is 10.5 Å². The topological polar surface area (TPSA) is 35.2 Å². The second-order valence-electron chi connectivity index (χ2n) is 3.32. The van der Waals surface area contributed by atoms with Crippen LogP contribution >= 0.6 is 0 Å². The van der Waals surface area contributed by atoms with Gasteiger partial charge in [0, 0.05) is 18.0 Å². The smallest absolute Gasteiger partial charge is 0.165 e. The normalized spacial score (nSPS) is 25.5. The van der Waals surface area contributed by atoms with Gasteiger partial charge in [-0.3, -0.25) is 0 Å². The molecule has 2 unspecified atom stereocenters. The van der Waals surface area contributed by atoms with Crippen molar-refractivity contribution in [3.8, 4) is 5.75 Å². The van der Waals surface area contributed by atoms with Crippen molar-refractivity contribution in [2.45, 2.75) is 18.9 Å². The zero-order valence-electron chi connectivity index (χ0n) is 7.46. The Morgan fingerprint density at radius 3 is 3.00 bits per heavy atom. The lowest BCUT2D eigenvalue weighted by molar-refractivity contribution is 0.220. The maximum Gasteiger partial charge on any atom is 0.165 e. The standard InChI is InChI=1S/C10H12FNO/c1-6-8(5-12)7-3-2-4-9(11)10(7)13-6/h2-4,6,8H,5,12H2,1H3. The molecule has 0 radical (unpaired) electrons. The Bertz CT molecular complexity index is 327. The van der Waals surface area contributed by atoms with Gasteiger partial charge >= 0.3 is 0 Å². The average Bonchev–Trinajstić information content (AvgIpc) is 2.43. The number of hydrogen-bond donors (Lipinski definition) is 1. The predicted molar refractivity (Wildman–Crippen MR) is 48.3 cm³/mol. The molecule has 2 nitrogen and oxygen atoms in total. The number of benzene rings is 1. The molecule has 13 heavy (non-hydrogen) atoms. The molecule has 0 spiro atoms. The van der Waals surface area contributed by atoms with E-state index in [1.807, 2.05) is 13.0 Å². The van der Waals surface area contributed by atoms with E-state index in [2.05, 4.69) is 0 Å². The van der Waals surface area contributed by atoms with E-state index in [0.29, 0.717) is 12.3 Å². The molecule has 2 rings (SSSR count). The fourth-order valence-corrected chi connectivity index (χ4v) is 1.78. The summed E-state index contributed by atoms with van der Waals surface area (Å²) in [6, 6.07) is 4.97. The Hall–Kier alpha value is -1.09. The van der Waals surface area contributed by atoms with Crippen LogP contribution in [0.25, 0.3) is 0 Å². The third-order valence-corrected chi connectivity index (χ3v) is 2.52. The molecule has 1 aromatic carbocycles. The molecule has 0 amide bonds. The predicted octanol–water partition coefficient (Wildman–Crippen LogP) is 1.65. The van der Waals surface area contributed by atoms with Crippen molar-refractivity contribution in [2.75, 3.05) is 6.54 Å². The van der Waals surface area contributed by atoms with Crippen LogP contribution in [0.3, 0.4) is 0 Å². The molecule has 0 saturated heterocycles. The van der Waals surface area contributed by atoms with Crippen LogP contribution in [0.2, 0.25) is 0 Å². The second kappa shape index (κ2) is 3.00. The van der Waals surface area contributed by atoms with E-state index in [1.165, 1.54) is 6.07 Å². The van der Waals surface area contributed by atoms with Crippen LogP contribution in [0.1, 0.15) is 18.4 Å². The summed E-state index contributed by atoms with van der Waals surface area (Å²) in [5, 5.41) is 0. The molecule has 1 aliphatic rings. The first kappa shape index (κ1) is 8.51. The SMILES string of the molecule is CC1Oc2c(F)cccc2C1CN. The van der Waals surface area contributed by atoms with Gasteiger partial charge in [-0.25, -0.2) is 4.39 Å². The minimum absolute atomic E-state index is 0.0168. The van der Waals surface area contributed by atoms with Crippen molar-refractivity contribution < 1.29 is 9.13 Å². The number of ether oxygens (including phenoxy) is 1. The molecule has 3 heteroatoms. The summed E-state index contributed by atoms with van der Waals surface area (Å²) in [4.78, 5) is 0. The zero-order chi connectivity index (χ0) is 9.42. The minimum Gasteiger partial charge on any atom is -0.487 e. The van der Waals surface area contributed by atoms with Crippen molar-refractivity contribution in [1.82, 2.24) is 0 Å². The van der Waals surface area contributed by atoms with Gasteiger partial charge in [-0.05, 0) is 13.0 Å². The molecule has 0 bridgehead atoms. The molecule has 1 aromatic rings. The number of fused-ring (bicyclic) bond motifs is 1. The first-order chi connectivity index (χ1) is 6.24. The Morgan fingerprint density at radius 2 is 2.31 bits per heavy atom. The Kier molecular flexibility index (Phi) is 1.96. The zero-order valence-corrected chi connectivity index (χ0v) is 7.46. The van der Waals surface area contributed by atoms with Crippen molar-refractivity contribution in [3.63, 3.8) is 0 Å². The lowest BCUT2D eigenvalue weighted by Gasteiger charge is -2.10. The lowest BCUT2D eigenvalue weighted by Crippen LogP contribution is -2.21. The highest BCUT2D eigenvalue weighted by molar-refractivity contribution is 5.42. The Labute approximate surface area is 76.5 Å². The fourth-order valence-electron chi connectivity index (χ4n) is 1.78. The first-order valence-corrected chi connectivity index (χ1v) is 4.39. The van der Waals surface area contributed by atoms with Crippen molar-refractivity contribution in [3.05, 3.63) is 29.6 Å². The molecule has 1 aliphatic heterocycles. The fraction of sp³-hybridized carbons (Fsp3) is 0.400. The van der Waals surface area contributed by atoms with E-state index in [0.717, 1.165) is 5.56 Å². The van der Waals surface area contributed by atoms with Crippen molar-refractivity contribution in [1.29, 1.82) is 0 Å². The second-order valence-corrected chi connectivity index (χ2v) is 3.32. The molecule has 0 fully saturated rings. The molecular weight excluding hydrogens is 169 g/mol. The van der Waals surface area contributed by atoms with Gasteiger partial charge in [-0.2, -0.15) is 0 Å². The summed E-state index contributed by atoms with van der Waals surface area (Å²) >= 11 is 0. The number of hydrogen-bond acceptors (Lipinski definition) is 2. The van der Waals surface area contributed by atoms with Gasteiger partial charge in [0.05, 0.1) is 0 Å². The summed E-state index contributed by atoms with van der Waals surface area (Å²) in [6.07, 6.45) is -0.0168. The minimum atomic E-state index is -0.291. The van der Waals surface area contributed by atoms with E-state index in [1.54, 1.807) is 6.07 Å². The van der Waals surface area contributed by atoms with Crippen LogP contribution in [-0.2, 0) is 0 Å². The third kappa shape index (κ3) is 1.20. The maximum atomic E-state index is 13.2. The average molecular weight is 181 g/mol. The number of nitrogens with two attached hydrogens (primary N) is 1. The third-order valence-electron chi connectivity index (χ3n) is 2.52. The quantitative estimate of drug-likeness (QED) is 0.715. The summed E-state index contributed by atoms with van der Waals surface area (Å²) in [5.74, 6) is 0.219. The molecule has 2 atom stereocenters. The summed E-state index contributed by atoms with van der Waals surface area (Å²) in [5.41, 5.74) is 6.48. The van der Waals surface area contributed by atoms with Gasteiger partial charge in [-0.15, -0.1) is 0 Å². The van der Waals surface area contributed by atoms with Crippen LogP contribution in [0, 0.1) is 5.82 Å². The molecule has 0 aromatic heterocycles. The van der Waals surface area contributed by atoms with Crippen LogP contribution in [-0.4, -0.2) is 12.6 Å². The van der Waals surface area contributed by atoms with E-state index >= 15 is 0 Å². The van der Waals surface area contributed by atoms with Crippen LogP contribution in [0.4, 0.5) is 4.39 Å². The molecule has 0 aliphatic carbocycles. The number of rotatable bonds is 1. The Balaban J connectivity index is 2.48. The van der Waals surface area contributed by atoms with E-state index in [4.69, 9.17) is 10.5 Å². The highest BCUT2D eigenvalue weighted by Crippen LogP contribution is 2.38. The molecule has 70 valence electrons. The largest absolute Gasteiger partial charge is 0.487 e. The van der Waals surface area contributed by atoms with E-state index < -0.39 is 0 Å². The molecule has 0 saturated carbocycles. The maximum absolute atomic E-state index is 13.2. The van der Waals surface area contributed by atoms with Gasteiger partial charge in [-0.1, -0.05) is 12.1 Å². The van der Waals surface area contributed by atoms with Crippen LogP contribution in [0.5, 0.6) is 5.75 Å². The molecular formula is C10H12FNO. The number of halogens is 1. The summed E-state index contributed by atoms with van der Waals surface area (Å²) in [6.45, 7) is 2.41. The van der Waals surface area contributed by atoms with Gasteiger partial charge in [0.25, 0.3) is 0 Å². The highest BCUT2D eigenvalue weighted by Gasteiger charge is 2.31. The monoisotopic (exact) mass is 181 g/mol. The van der Waals surface area contributed by atoms with Gasteiger partial charge in [0.2, 0.25) is 0 Å². The molecule has 2 N–H and O–H groups in total. The van der Waals surface area contributed by atoms with Gasteiger partial charge in [0.15, 0.2) is 11.6 Å². The molecule has 1 heterocycles. The van der Waals surface area contributed by atoms with E-state index in [9.17, 15) is 4.39 Å². The summed E-state index contributed by atoms with van der Waals surface area (Å²) in [7, 11) is 0. The number of para-hydroxylation sites is 1. The van der Waals surface area contributed by atoms with Gasteiger partial charge < -0.3 is 10.5 Å². The highest BCUT2D eigenvalue weighted by atomic mass is 19.1. The summed E-state index contributed by atoms with van der Waals surface area (Å²) < 4.78 is 18.6. The van der Waals surface area contributed by atoms with Crippen molar-refractivity contribution >= 4 is 0 Å². The first-order valence-electron chi connectivity index (χ1n) is 4.39. The van der Waals surface area contributed by atoms with E-state index in [-0.39, 0.29) is 17.8 Å². The lowest BCUT2D eigenvalue weighted by atomic mass is 9.96.